The number of amides is 1. The Balaban J connectivity index is 1.78. The molecule has 0 atom stereocenters. The molecule has 3 aromatic rings. The number of nitrogens with one attached hydrogen (secondary N) is 1. The van der Waals surface area contributed by atoms with Crippen molar-refractivity contribution in [3.05, 3.63) is 72.3 Å². The molecule has 22 heavy (non-hydrogen) atoms. The third-order valence-electron chi connectivity index (χ3n) is 3.43. The lowest BCUT2D eigenvalue weighted by molar-refractivity contribution is -0.114. The first-order valence-corrected chi connectivity index (χ1v) is 7.19. The van der Waals surface area contributed by atoms with Gasteiger partial charge in [-0.1, -0.05) is 48.5 Å². The molecule has 1 N–H and O–H groups in total. The van der Waals surface area contributed by atoms with Crippen molar-refractivity contribution in [2.24, 2.45) is 0 Å². The van der Waals surface area contributed by atoms with Crippen LogP contribution in [0.25, 0.3) is 10.8 Å². The third kappa shape index (κ3) is 3.26. The number of carbonyl (C=O) groups is 1. The van der Waals surface area contributed by atoms with E-state index in [0.29, 0.717) is 6.61 Å². The van der Waals surface area contributed by atoms with E-state index in [-0.39, 0.29) is 5.91 Å². The fourth-order valence-corrected chi connectivity index (χ4v) is 2.45. The van der Waals surface area contributed by atoms with Crippen molar-refractivity contribution in [1.29, 1.82) is 0 Å². The number of ether oxygens (including phenoxy) is 1. The molecule has 3 nitrogen and oxygen atoms in total. The highest BCUT2D eigenvalue weighted by Gasteiger charge is 2.03. The zero-order chi connectivity index (χ0) is 15.4. The van der Waals surface area contributed by atoms with Crippen molar-refractivity contribution < 1.29 is 9.53 Å². The summed E-state index contributed by atoms with van der Waals surface area (Å²) in [4.78, 5) is 11.1. The van der Waals surface area contributed by atoms with Crippen molar-refractivity contribution in [3.63, 3.8) is 0 Å². The van der Waals surface area contributed by atoms with Crippen LogP contribution in [0.1, 0.15) is 12.5 Å². The minimum atomic E-state index is -0.0915. The summed E-state index contributed by atoms with van der Waals surface area (Å²) in [7, 11) is 0. The SMILES string of the molecule is CC(=O)Nc1cccc(OCc2cccc3ccccc23)c1. The van der Waals surface area contributed by atoms with Crippen molar-refractivity contribution in [1.82, 2.24) is 0 Å². The van der Waals surface area contributed by atoms with E-state index in [1.165, 1.54) is 17.7 Å². The molecule has 0 radical (unpaired) electrons. The Hall–Kier alpha value is -2.81. The van der Waals surface area contributed by atoms with Gasteiger partial charge in [-0.2, -0.15) is 0 Å². The van der Waals surface area contributed by atoms with Crippen LogP contribution < -0.4 is 10.1 Å². The summed E-state index contributed by atoms with van der Waals surface area (Å²) in [6.07, 6.45) is 0. The Morgan fingerprint density at radius 3 is 2.64 bits per heavy atom. The Labute approximate surface area is 129 Å². The lowest BCUT2D eigenvalue weighted by Gasteiger charge is -2.10. The minimum Gasteiger partial charge on any atom is -0.489 e. The third-order valence-corrected chi connectivity index (χ3v) is 3.43. The quantitative estimate of drug-likeness (QED) is 0.774. The van der Waals surface area contributed by atoms with Crippen molar-refractivity contribution in [2.45, 2.75) is 13.5 Å². The second kappa shape index (κ2) is 6.31. The maximum atomic E-state index is 11.1. The van der Waals surface area contributed by atoms with E-state index in [0.717, 1.165) is 17.0 Å². The summed E-state index contributed by atoms with van der Waals surface area (Å²) in [5.41, 5.74) is 1.88. The summed E-state index contributed by atoms with van der Waals surface area (Å²) >= 11 is 0. The number of benzene rings is 3. The van der Waals surface area contributed by atoms with E-state index < -0.39 is 0 Å². The van der Waals surface area contributed by atoms with E-state index in [2.05, 4.69) is 29.6 Å². The van der Waals surface area contributed by atoms with Gasteiger partial charge in [-0.15, -0.1) is 0 Å². The fourth-order valence-electron chi connectivity index (χ4n) is 2.45. The van der Waals surface area contributed by atoms with E-state index in [4.69, 9.17) is 4.74 Å². The molecule has 110 valence electrons. The molecule has 0 aliphatic heterocycles. The van der Waals surface area contributed by atoms with Gasteiger partial charge in [0.15, 0.2) is 0 Å². The summed E-state index contributed by atoms with van der Waals surface area (Å²) in [6, 6.07) is 21.9. The number of hydrogen-bond donors (Lipinski definition) is 1. The molecule has 0 saturated heterocycles. The topological polar surface area (TPSA) is 38.3 Å². The maximum Gasteiger partial charge on any atom is 0.221 e. The van der Waals surface area contributed by atoms with Crippen LogP contribution in [0.5, 0.6) is 5.75 Å². The van der Waals surface area contributed by atoms with Gasteiger partial charge in [0.2, 0.25) is 5.91 Å². The molecule has 0 spiro atoms. The summed E-state index contributed by atoms with van der Waals surface area (Å²) in [5.74, 6) is 0.644. The van der Waals surface area contributed by atoms with Crippen molar-refractivity contribution in [2.75, 3.05) is 5.32 Å². The second-order valence-electron chi connectivity index (χ2n) is 5.14. The lowest BCUT2D eigenvalue weighted by atomic mass is 10.1. The van der Waals surface area contributed by atoms with Gasteiger partial charge in [0.05, 0.1) is 0 Å². The maximum absolute atomic E-state index is 11.1. The molecular weight excluding hydrogens is 274 g/mol. The van der Waals surface area contributed by atoms with Gasteiger partial charge in [0.1, 0.15) is 12.4 Å². The molecule has 1 amide bonds. The van der Waals surface area contributed by atoms with Gasteiger partial charge in [0, 0.05) is 18.7 Å². The average molecular weight is 291 g/mol. The largest absolute Gasteiger partial charge is 0.489 e. The highest BCUT2D eigenvalue weighted by molar-refractivity contribution is 5.88. The highest BCUT2D eigenvalue weighted by Crippen LogP contribution is 2.22. The first-order valence-electron chi connectivity index (χ1n) is 7.19. The van der Waals surface area contributed by atoms with Crippen LogP contribution in [0.2, 0.25) is 0 Å². The molecule has 0 fully saturated rings. The van der Waals surface area contributed by atoms with Gasteiger partial charge in [-0.05, 0) is 28.5 Å². The summed E-state index contributed by atoms with van der Waals surface area (Å²) in [5, 5.41) is 5.16. The molecule has 0 bridgehead atoms. The average Bonchev–Trinajstić information content (AvgIpc) is 2.52. The molecule has 0 saturated carbocycles. The second-order valence-corrected chi connectivity index (χ2v) is 5.14. The Bertz CT molecular complexity index is 806. The minimum absolute atomic E-state index is 0.0915. The summed E-state index contributed by atoms with van der Waals surface area (Å²) < 4.78 is 5.87. The Morgan fingerprint density at radius 1 is 1.00 bits per heavy atom. The molecule has 0 unspecified atom stereocenters. The van der Waals surface area contributed by atoms with Gasteiger partial charge in [0.25, 0.3) is 0 Å². The van der Waals surface area contributed by atoms with Crippen LogP contribution in [-0.4, -0.2) is 5.91 Å². The van der Waals surface area contributed by atoms with Crippen molar-refractivity contribution >= 4 is 22.4 Å². The summed E-state index contributed by atoms with van der Waals surface area (Å²) in [6.45, 7) is 1.98. The zero-order valence-corrected chi connectivity index (χ0v) is 12.4. The fraction of sp³-hybridized carbons (Fsp3) is 0.105. The van der Waals surface area contributed by atoms with E-state index in [1.54, 1.807) is 0 Å². The predicted octanol–water partition coefficient (Wildman–Crippen LogP) is 4.38. The van der Waals surface area contributed by atoms with E-state index in [1.807, 2.05) is 42.5 Å². The Morgan fingerprint density at radius 2 is 1.77 bits per heavy atom. The number of fused-ring (bicyclic) bond motifs is 1. The molecule has 0 aliphatic rings. The lowest BCUT2D eigenvalue weighted by Crippen LogP contribution is -2.05. The van der Waals surface area contributed by atoms with Gasteiger partial charge in [-0.25, -0.2) is 0 Å². The van der Waals surface area contributed by atoms with Crippen LogP contribution in [0.4, 0.5) is 5.69 Å². The highest BCUT2D eigenvalue weighted by atomic mass is 16.5. The molecule has 3 aromatic carbocycles. The Kier molecular flexibility index (Phi) is 4.05. The molecule has 0 aromatic heterocycles. The van der Waals surface area contributed by atoms with Crippen LogP contribution in [0.3, 0.4) is 0 Å². The number of rotatable bonds is 4. The normalized spacial score (nSPS) is 10.4. The van der Waals surface area contributed by atoms with Gasteiger partial charge in [-0.3, -0.25) is 4.79 Å². The van der Waals surface area contributed by atoms with Gasteiger partial charge >= 0.3 is 0 Å². The first-order chi connectivity index (χ1) is 10.7. The standard InChI is InChI=1S/C19H17NO2/c1-14(21)20-17-9-5-10-18(12-17)22-13-16-8-4-7-15-6-2-3-11-19(15)16/h2-12H,13H2,1H3,(H,20,21). The molecule has 0 aliphatic carbocycles. The van der Waals surface area contributed by atoms with E-state index >= 15 is 0 Å². The van der Waals surface area contributed by atoms with Gasteiger partial charge < -0.3 is 10.1 Å². The molecule has 0 heterocycles. The van der Waals surface area contributed by atoms with Crippen LogP contribution in [0, 0.1) is 0 Å². The zero-order valence-electron chi connectivity index (χ0n) is 12.4. The molecule has 3 rings (SSSR count). The monoisotopic (exact) mass is 291 g/mol. The van der Waals surface area contributed by atoms with Crippen LogP contribution in [-0.2, 0) is 11.4 Å². The van der Waals surface area contributed by atoms with Crippen LogP contribution >= 0.6 is 0 Å². The van der Waals surface area contributed by atoms with Crippen LogP contribution in [0.15, 0.2) is 66.7 Å². The number of hydrogen-bond acceptors (Lipinski definition) is 2. The van der Waals surface area contributed by atoms with E-state index in [9.17, 15) is 4.79 Å². The first kappa shape index (κ1) is 14.1. The predicted molar refractivity (Wildman–Crippen MR) is 89.0 cm³/mol. The molecule has 3 heteroatoms. The molecular formula is C19H17NO2. The number of anilines is 1. The smallest absolute Gasteiger partial charge is 0.221 e. The number of carbonyl (C=O) groups excluding carboxylic acids is 1. The van der Waals surface area contributed by atoms with Crippen molar-refractivity contribution in [3.8, 4) is 5.75 Å².